The van der Waals surface area contributed by atoms with Gasteiger partial charge >= 0.3 is 0 Å². The lowest BCUT2D eigenvalue weighted by molar-refractivity contribution is 0.112. The molecule has 21 heavy (non-hydrogen) atoms. The summed E-state index contributed by atoms with van der Waals surface area (Å²) in [6, 6.07) is 14.2. The van der Waals surface area contributed by atoms with Crippen molar-refractivity contribution in [3.05, 3.63) is 60.3 Å². The van der Waals surface area contributed by atoms with Gasteiger partial charge in [0.25, 0.3) is 0 Å². The van der Waals surface area contributed by atoms with Gasteiger partial charge in [0.15, 0.2) is 0 Å². The van der Waals surface area contributed by atoms with Gasteiger partial charge in [-0.25, -0.2) is 0 Å². The van der Waals surface area contributed by atoms with E-state index in [4.69, 9.17) is 5.73 Å². The molecule has 1 aromatic heterocycles. The minimum Gasteiger partial charge on any atom is -0.397 e. The number of carbonyl (C=O) groups is 1. The minimum atomic E-state index is 0.607. The van der Waals surface area contributed by atoms with Crippen LogP contribution in [-0.4, -0.2) is 11.3 Å². The van der Waals surface area contributed by atoms with Crippen molar-refractivity contribution in [2.45, 2.75) is 0 Å². The second kappa shape index (κ2) is 5.50. The number of hydrogen-bond acceptors (Lipinski definition) is 5. The predicted octanol–water partition coefficient (Wildman–Crippen LogP) is 4.04. The molecule has 1 heterocycles. The summed E-state index contributed by atoms with van der Waals surface area (Å²) in [6.07, 6.45) is 2.48. The van der Waals surface area contributed by atoms with Crippen LogP contribution in [0.1, 0.15) is 10.4 Å². The van der Waals surface area contributed by atoms with E-state index in [1.807, 2.05) is 18.2 Å². The van der Waals surface area contributed by atoms with Crippen LogP contribution >= 0.6 is 0 Å². The molecule has 0 spiro atoms. The molecular weight excluding hydrogens is 264 g/mol. The maximum atomic E-state index is 10.6. The van der Waals surface area contributed by atoms with E-state index in [0.717, 1.165) is 11.7 Å². The standard InChI is InChI=1S/C16H12N4O/c17-14-7-8-15(13-2-1-9-18-16(13)14)20-19-12-5-3-11(10-21)4-6-12/h1-10H,17H2. The summed E-state index contributed by atoms with van der Waals surface area (Å²) in [4.78, 5) is 14.9. The summed E-state index contributed by atoms with van der Waals surface area (Å²) in [5.74, 6) is 0. The molecule has 2 N–H and O–H groups in total. The molecule has 0 unspecified atom stereocenters. The van der Waals surface area contributed by atoms with Crippen LogP contribution in [0.5, 0.6) is 0 Å². The number of aromatic nitrogens is 1. The number of pyridine rings is 1. The van der Waals surface area contributed by atoms with Gasteiger partial charge in [-0.3, -0.25) is 9.78 Å². The highest BCUT2D eigenvalue weighted by molar-refractivity contribution is 5.97. The van der Waals surface area contributed by atoms with E-state index >= 15 is 0 Å². The van der Waals surface area contributed by atoms with E-state index in [2.05, 4.69) is 15.2 Å². The third-order valence-corrected chi connectivity index (χ3v) is 3.08. The summed E-state index contributed by atoms with van der Waals surface area (Å²) in [7, 11) is 0. The predicted molar refractivity (Wildman–Crippen MR) is 82.2 cm³/mol. The van der Waals surface area contributed by atoms with Crippen molar-refractivity contribution in [2.24, 2.45) is 10.2 Å². The van der Waals surface area contributed by atoms with Crippen molar-refractivity contribution in [3.8, 4) is 0 Å². The molecule has 2 aromatic carbocycles. The fraction of sp³-hybridized carbons (Fsp3) is 0. The maximum absolute atomic E-state index is 10.6. The molecule has 102 valence electrons. The van der Waals surface area contributed by atoms with E-state index in [9.17, 15) is 4.79 Å². The largest absolute Gasteiger partial charge is 0.397 e. The van der Waals surface area contributed by atoms with E-state index in [1.165, 1.54) is 0 Å². The first-order chi connectivity index (χ1) is 10.3. The van der Waals surface area contributed by atoms with Gasteiger partial charge in [0.1, 0.15) is 6.29 Å². The molecule has 0 saturated heterocycles. The number of fused-ring (bicyclic) bond motifs is 1. The number of anilines is 1. The van der Waals surface area contributed by atoms with Gasteiger partial charge in [0.05, 0.1) is 22.6 Å². The molecular formula is C16H12N4O. The summed E-state index contributed by atoms with van der Waals surface area (Å²) in [6.45, 7) is 0. The van der Waals surface area contributed by atoms with Gasteiger partial charge in [0, 0.05) is 17.1 Å². The monoisotopic (exact) mass is 276 g/mol. The number of benzene rings is 2. The Labute approximate surface area is 121 Å². The Morgan fingerprint density at radius 1 is 1.00 bits per heavy atom. The lowest BCUT2D eigenvalue weighted by Crippen LogP contribution is -1.88. The second-order valence-corrected chi connectivity index (χ2v) is 4.48. The quantitative estimate of drug-likeness (QED) is 0.445. The average molecular weight is 276 g/mol. The molecule has 0 aliphatic carbocycles. The molecule has 0 atom stereocenters. The molecule has 5 nitrogen and oxygen atoms in total. The van der Waals surface area contributed by atoms with Crippen LogP contribution in [-0.2, 0) is 0 Å². The minimum absolute atomic E-state index is 0.607. The van der Waals surface area contributed by atoms with Crippen LogP contribution in [0, 0.1) is 0 Å². The van der Waals surface area contributed by atoms with Gasteiger partial charge in [-0.1, -0.05) is 0 Å². The van der Waals surface area contributed by atoms with Crippen LogP contribution < -0.4 is 5.73 Å². The molecule has 0 bridgehead atoms. The van der Waals surface area contributed by atoms with Crippen LogP contribution in [0.4, 0.5) is 17.1 Å². The Morgan fingerprint density at radius 2 is 1.81 bits per heavy atom. The SMILES string of the molecule is Nc1ccc(N=Nc2ccc(C=O)cc2)c2cccnc12. The van der Waals surface area contributed by atoms with Gasteiger partial charge in [-0.2, -0.15) is 5.11 Å². The molecule has 0 saturated carbocycles. The smallest absolute Gasteiger partial charge is 0.150 e. The molecule has 3 aromatic rings. The zero-order valence-electron chi connectivity index (χ0n) is 11.1. The van der Waals surface area contributed by atoms with Crippen molar-refractivity contribution >= 4 is 34.3 Å². The molecule has 3 rings (SSSR count). The Morgan fingerprint density at radius 3 is 2.57 bits per heavy atom. The zero-order valence-corrected chi connectivity index (χ0v) is 11.1. The van der Waals surface area contributed by atoms with E-state index in [1.54, 1.807) is 36.5 Å². The number of azo groups is 1. The van der Waals surface area contributed by atoms with Crippen molar-refractivity contribution in [1.29, 1.82) is 0 Å². The van der Waals surface area contributed by atoms with Gasteiger partial charge in [-0.05, 0) is 48.5 Å². The zero-order chi connectivity index (χ0) is 14.7. The number of carbonyl (C=O) groups excluding carboxylic acids is 1. The summed E-state index contributed by atoms with van der Waals surface area (Å²) in [5, 5.41) is 9.27. The van der Waals surface area contributed by atoms with Crippen LogP contribution in [0.2, 0.25) is 0 Å². The van der Waals surface area contributed by atoms with Gasteiger partial charge < -0.3 is 5.73 Å². The van der Waals surface area contributed by atoms with E-state index < -0.39 is 0 Å². The summed E-state index contributed by atoms with van der Waals surface area (Å²) in [5.41, 5.74) is 9.20. The number of hydrogen-bond donors (Lipinski definition) is 1. The Hall–Kier alpha value is -3.08. The molecule has 0 aliphatic rings. The van der Waals surface area contributed by atoms with Crippen molar-refractivity contribution in [3.63, 3.8) is 0 Å². The lowest BCUT2D eigenvalue weighted by atomic mass is 10.1. The molecule has 0 radical (unpaired) electrons. The normalized spacial score (nSPS) is 11.0. The van der Waals surface area contributed by atoms with E-state index in [0.29, 0.717) is 28.1 Å². The molecule has 5 heteroatoms. The maximum Gasteiger partial charge on any atom is 0.150 e. The van der Waals surface area contributed by atoms with Gasteiger partial charge in [0.2, 0.25) is 0 Å². The van der Waals surface area contributed by atoms with Crippen LogP contribution in [0.3, 0.4) is 0 Å². The number of nitrogen functional groups attached to an aromatic ring is 1. The average Bonchev–Trinajstić information content (AvgIpc) is 2.55. The van der Waals surface area contributed by atoms with Gasteiger partial charge in [-0.15, -0.1) is 5.11 Å². The Kier molecular flexibility index (Phi) is 3.39. The number of aldehydes is 1. The first kappa shape index (κ1) is 12.9. The molecule has 0 amide bonds. The Bertz CT molecular complexity index is 825. The Balaban J connectivity index is 1.99. The molecule has 0 fully saturated rings. The highest BCUT2D eigenvalue weighted by Crippen LogP contribution is 2.29. The highest BCUT2D eigenvalue weighted by atomic mass is 16.1. The van der Waals surface area contributed by atoms with E-state index in [-0.39, 0.29) is 0 Å². The fourth-order valence-corrected chi connectivity index (χ4v) is 2.00. The van der Waals surface area contributed by atoms with Crippen LogP contribution in [0.15, 0.2) is 65.0 Å². The first-order valence-electron chi connectivity index (χ1n) is 6.38. The summed E-state index contributed by atoms with van der Waals surface area (Å²) < 4.78 is 0. The topological polar surface area (TPSA) is 80.7 Å². The van der Waals surface area contributed by atoms with Crippen molar-refractivity contribution < 1.29 is 4.79 Å². The molecule has 0 aliphatic heterocycles. The first-order valence-corrected chi connectivity index (χ1v) is 6.38. The third-order valence-electron chi connectivity index (χ3n) is 3.08. The lowest BCUT2D eigenvalue weighted by Gasteiger charge is -2.03. The highest BCUT2D eigenvalue weighted by Gasteiger charge is 2.03. The fourth-order valence-electron chi connectivity index (χ4n) is 2.00. The number of rotatable bonds is 3. The van der Waals surface area contributed by atoms with Crippen molar-refractivity contribution in [1.82, 2.24) is 4.98 Å². The third kappa shape index (κ3) is 2.62. The second-order valence-electron chi connectivity index (χ2n) is 4.48. The number of nitrogens with zero attached hydrogens (tertiary/aromatic N) is 3. The number of nitrogens with two attached hydrogens (primary N) is 1. The van der Waals surface area contributed by atoms with Crippen LogP contribution in [0.25, 0.3) is 10.9 Å². The van der Waals surface area contributed by atoms with Crippen molar-refractivity contribution in [2.75, 3.05) is 5.73 Å². The summed E-state index contributed by atoms with van der Waals surface area (Å²) >= 11 is 0.